The molecule has 1 heterocycles. The second kappa shape index (κ2) is 8.51. The summed E-state index contributed by atoms with van der Waals surface area (Å²) in [5.74, 6) is -0.322. The third-order valence-electron chi connectivity index (χ3n) is 3.73. The molecule has 1 aromatic carbocycles. The second-order valence-corrected chi connectivity index (χ2v) is 5.25. The highest BCUT2D eigenvalue weighted by Gasteiger charge is 2.21. The quantitative estimate of drug-likeness (QED) is 0.890. The van der Waals surface area contributed by atoms with Gasteiger partial charge >= 0.3 is 0 Å². The van der Waals surface area contributed by atoms with Crippen LogP contribution in [0.4, 0.5) is 0 Å². The molecule has 0 spiro atoms. The first-order chi connectivity index (χ1) is 10.1. The molecule has 0 fully saturated rings. The molecule has 4 nitrogen and oxygen atoms in total. The first kappa shape index (κ1) is 18.1. The zero-order valence-electron chi connectivity index (χ0n) is 12.8. The van der Waals surface area contributed by atoms with Crippen LogP contribution in [0.3, 0.4) is 0 Å². The molecule has 0 bridgehead atoms. The van der Waals surface area contributed by atoms with E-state index in [9.17, 15) is 4.79 Å². The molecule has 0 aliphatic carbocycles. The third kappa shape index (κ3) is 4.55. The molecule has 5 heteroatoms. The summed E-state index contributed by atoms with van der Waals surface area (Å²) in [4.78, 5) is 16.3. The summed E-state index contributed by atoms with van der Waals surface area (Å²) >= 11 is 0. The maximum Gasteiger partial charge on any atom is 0.225 e. The van der Waals surface area contributed by atoms with Crippen molar-refractivity contribution in [2.75, 3.05) is 0 Å². The van der Waals surface area contributed by atoms with E-state index < -0.39 is 0 Å². The number of nitrogens with one attached hydrogen (secondary N) is 1. The maximum absolute atomic E-state index is 12.2. The number of rotatable bonds is 5. The Morgan fingerprint density at radius 2 is 1.95 bits per heavy atom. The fourth-order valence-corrected chi connectivity index (χ4v) is 2.17. The minimum Gasteiger partial charge on any atom is -0.352 e. The average Bonchev–Trinajstić information content (AvgIpc) is 2.53. The minimum absolute atomic E-state index is 0. The lowest BCUT2D eigenvalue weighted by atomic mass is 9.94. The lowest BCUT2D eigenvalue weighted by molar-refractivity contribution is -0.125. The van der Waals surface area contributed by atoms with Gasteiger partial charge in [0.05, 0.1) is 5.92 Å². The monoisotopic (exact) mass is 319 g/mol. The molecule has 118 valence electrons. The van der Waals surface area contributed by atoms with Crippen LogP contribution in [0.15, 0.2) is 48.8 Å². The Kier molecular flexibility index (Phi) is 7.02. The van der Waals surface area contributed by atoms with Crippen molar-refractivity contribution in [1.29, 1.82) is 0 Å². The molecule has 22 heavy (non-hydrogen) atoms. The van der Waals surface area contributed by atoms with Crippen LogP contribution in [0.1, 0.15) is 29.7 Å². The number of aryl methyl sites for hydroxylation is 1. The van der Waals surface area contributed by atoms with E-state index in [0.29, 0.717) is 6.54 Å². The van der Waals surface area contributed by atoms with Gasteiger partial charge in [0, 0.05) is 25.0 Å². The van der Waals surface area contributed by atoms with Gasteiger partial charge in [-0.1, -0.05) is 37.3 Å². The first-order valence-electron chi connectivity index (χ1n) is 7.07. The molecule has 3 N–H and O–H groups in total. The van der Waals surface area contributed by atoms with Gasteiger partial charge in [-0.3, -0.25) is 9.78 Å². The number of aromatic nitrogens is 1. The molecule has 2 unspecified atom stereocenters. The van der Waals surface area contributed by atoms with Gasteiger partial charge in [0.15, 0.2) is 0 Å². The summed E-state index contributed by atoms with van der Waals surface area (Å²) in [7, 11) is 0. The highest BCUT2D eigenvalue weighted by molar-refractivity contribution is 5.85. The molecule has 0 aliphatic heterocycles. The Labute approximate surface area is 137 Å². The van der Waals surface area contributed by atoms with Crippen LogP contribution < -0.4 is 11.1 Å². The van der Waals surface area contributed by atoms with Gasteiger partial charge < -0.3 is 11.1 Å². The van der Waals surface area contributed by atoms with E-state index in [2.05, 4.69) is 10.3 Å². The molecule has 0 saturated heterocycles. The first-order valence-corrected chi connectivity index (χ1v) is 7.07. The van der Waals surface area contributed by atoms with Crippen molar-refractivity contribution in [3.05, 3.63) is 65.5 Å². The molecule has 0 radical (unpaired) electrons. The predicted molar refractivity (Wildman–Crippen MR) is 90.6 cm³/mol. The lowest BCUT2D eigenvalue weighted by Crippen LogP contribution is -2.35. The number of pyridine rings is 1. The van der Waals surface area contributed by atoms with E-state index >= 15 is 0 Å². The van der Waals surface area contributed by atoms with Crippen molar-refractivity contribution < 1.29 is 4.79 Å². The zero-order chi connectivity index (χ0) is 15.2. The molecular formula is C17H22ClN3O. The Bertz CT molecular complexity index is 604. The van der Waals surface area contributed by atoms with Gasteiger partial charge in [-0.05, 0) is 29.7 Å². The van der Waals surface area contributed by atoms with Crippen LogP contribution >= 0.6 is 12.4 Å². The average molecular weight is 320 g/mol. The molecule has 1 amide bonds. The maximum atomic E-state index is 12.2. The zero-order valence-corrected chi connectivity index (χ0v) is 13.6. The normalized spacial score (nSPS) is 12.9. The van der Waals surface area contributed by atoms with Crippen LogP contribution in [0.25, 0.3) is 0 Å². The fraction of sp³-hybridized carbons (Fsp3) is 0.294. The molecule has 0 aliphatic rings. The SMILES string of the molecule is Cc1cnccc1CNC(=O)C(C)C(N)c1ccccc1.Cl. The smallest absolute Gasteiger partial charge is 0.225 e. The van der Waals surface area contributed by atoms with Crippen LogP contribution in [-0.2, 0) is 11.3 Å². The number of halogens is 1. The van der Waals surface area contributed by atoms with Gasteiger partial charge in [-0.25, -0.2) is 0 Å². The van der Waals surface area contributed by atoms with Crippen molar-refractivity contribution in [3.63, 3.8) is 0 Å². The fourth-order valence-electron chi connectivity index (χ4n) is 2.17. The second-order valence-electron chi connectivity index (χ2n) is 5.25. The summed E-state index contributed by atoms with van der Waals surface area (Å²) in [5, 5.41) is 2.94. The number of amides is 1. The largest absolute Gasteiger partial charge is 0.352 e. The van der Waals surface area contributed by atoms with Crippen molar-refractivity contribution >= 4 is 18.3 Å². The summed E-state index contributed by atoms with van der Waals surface area (Å²) in [6, 6.07) is 11.3. The number of hydrogen-bond donors (Lipinski definition) is 2. The Hall–Kier alpha value is -1.91. The van der Waals surface area contributed by atoms with Crippen LogP contribution in [-0.4, -0.2) is 10.9 Å². The van der Waals surface area contributed by atoms with Crippen LogP contribution in [0.2, 0.25) is 0 Å². The molecule has 1 aromatic heterocycles. The van der Waals surface area contributed by atoms with E-state index in [1.807, 2.05) is 50.2 Å². The summed E-state index contributed by atoms with van der Waals surface area (Å²) in [6.07, 6.45) is 3.52. The van der Waals surface area contributed by atoms with E-state index in [0.717, 1.165) is 16.7 Å². The van der Waals surface area contributed by atoms with Gasteiger partial charge in [0.1, 0.15) is 0 Å². The Balaban J connectivity index is 0.00000242. The number of hydrogen-bond acceptors (Lipinski definition) is 3. The van der Waals surface area contributed by atoms with Crippen LogP contribution in [0.5, 0.6) is 0 Å². The minimum atomic E-state index is -0.301. The highest BCUT2D eigenvalue weighted by atomic mass is 35.5. The van der Waals surface area contributed by atoms with Crippen LogP contribution in [0, 0.1) is 12.8 Å². The molecule has 0 saturated carbocycles. The number of carbonyl (C=O) groups excluding carboxylic acids is 1. The van der Waals surface area contributed by atoms with Gasteiger partial charge in [-0.2, -0.15) is 0 Å². The van der Waals surface area contributed by atoms with Crippen molar-refractivity contribution in [3.8, 4) is 0 Å². The topological polar surface area (TPSA) is 68.0 Å². The summed E-state index contributed by atoms with van der Waals surface area (Å²) < 4.78 is 0. The molecular weight excluding hydrogens is 298 g/mol. The third-order valence-corrected chi connectivity index (χ3v) is 3.73. The van der Waals surface area contributed by atoms with Gasteiger partial charge in [0.25, 0.3) is 0 Å². The number of benzene rings is 1. The number of nitrogens with two attached hydrogens (primary N) is 1. The Morgan fingerprint density at radius 1 is 1.27 bits per heavy atom. The van der Waals surface area contributed by atoms with Crippen molar-refractivity contribution in [2.24, 2.45) is 11.7 Å². The predicted octanol–water partition coefficient (Wildman–Crippen LogP) is 2.76. The van der Waals surface area contributed by atoms with Gasteiger partial charge in [0.2, 0.25) is 5.91 Å². The summed E-state index contributed by atoms with van der Waals surface area (Å²) in [6.45, 7) is 4.33. The van der Waals surface area contributed by atoms with E-state index in [1.165, 1.54) is 0 Å². The molecule has 2 atom stereocenters. The van der Waals surface area contributed by atoms with E-state index in [1.54, 1.807) is 12.4 Å². The molecule has 2 rings (SSSR count). The molecule has 2 aromatic rings. The highest BCUT2D eigenvalue weighted by Crippen LogP contribution is 2.19. The number of nitrogens with zero attached hydrogens (tertiary/aromatic N) is 1. The van der Waals surface area contributed by atoms with Crippen molar-refractivity contribution in [1.82, 2.24) is 10.3 Å². The lowest BCUT2D eigenvalue weighted by Gasteiger charge is -2.20. The summed E-state index contributed by atoms with van der Waals surface area (Å²) in [5.41, 5.74) is 9.28. The van der Waals surface area contributed by atoms with E-state index in [-0.39, 0.29) is 30.3 Å². The standard InChI is InChI=1S/C17H21N3O.ClH/c1-12-10-19-9-8-15(12)11-20-17(21)13(2)16(18)14-6-4-3-5-7-14;/h3-10,13,16H,11,18H2,1-2H3,(H,20,21);1H. The van der Waals surface area contributed by atoms with E-state index in [4.69, 9.17) is 5.73 Å². The van der Waals surface area contributed by atoms with Crippen molar-refractivity contribution in [2.45, 2.75) is 26.4 Å². The van der Waals surface area contributed by atoms with Gasteiger partial charge in [-0.15, -0.1) is 12.4 Å². The number of carbonyl (C=O) groups is 1. The Morgan fingerprint density at radius 3 is 2.59 bits per heavy atom.